The zero-order valence-corrected chi connectivity index (χ0v) is 9.94. The molecule has 0 fully saturated rings. The van der Waals surface area contributed by atoms with Crippen molar-refractivity contribution in [1.29, 1.82) is 5.26 Å². The second-order valence-electron chi connectivity index (χ2n) is 3.80. The van der Waals surface area contributed by atoms with Crippen molar-refractivity contribution < 1.29 is 9.13 Å². The Morgan fingerprint density at radius 2 is 2.00 bits per heavy atom. The summed E-state index contributed by atoms with van der Waals surface area (Å²) in [7, 11) is 0. The van der Waals surface area contributed by atoms with E-state index in [1.54, 1.807) is 19.9 Å². The van der Waals surface area contributed by atoms with Crippen LogP contribution in [0.3, 0.4) is 0 Å². The van der Waals surface area contributed by atoms with Gasteiger partial charge in [0.15, 0.2) is 0 Å². The second kappa shape index (κ2) is 4.80. The molecule has 2 aromatic rings. The van der Waals surface area contributed by atoms with Crippen LogP contribution < -0.4 is 4.74 Å². The lowest BCUT2D eigenvalue weighted by molar-refractivity contribution is 0.435. The van der Waals surface area contributed by atoms with Crippen molar-refractivity contribution in [2.45, 2.75) is 13.8 Å². The van der Waals surface area contributed by atoms with Gasteiger partial charge in [-0.05, 0) is 43.7 Å². The number of halogens is 1. The maximum absolute atomic E-state index is 12.9. The lowest BCUT2D eigenvalue weighted by Gasteiger charge is -2.07. The van der Waals surface area contributed by atoms with Crippen molar-refractivity contribution in [2.24, 2.45) is 0 Å². The third-order valence-corrected chi connectivity index (χ3v) is 2.29. The van der Waals surface area contributed by atoms with E-state index < -0.39 is 0 Å². The highest BCUT2D eigenvalue weighted by molar-refractivity contribution is 5.35. The molecular formula is C13H10FN3O. The number of hydrogen-bond donors (Lipinski definition) is 0. The van der Waals surface area contributed by atoms with E-state index in [0.29, 0.717) is 17.0 Å². The summed E-state index contributed by atoms with van der Waals surface area (Å²) in [4.78, 5) is 7.99. The van der Waals surface area contributed by atoms with Crippen LogP contribution in [0, 0.1) is 31.0 Å². The van der Waals surface area contributed by atoms with E-state index in [1.807, 2.05) is 6.07 Å². The molecule has 5 heteroatoms. The van der Waals surface area contributed by atoms with Crippen LogP contribution in [0.15, 0.2) is 24.3 Å². The topological polar surface area (TPSA) is 58.8 Å². The van der Waals surface area contributed by atoms with Gasteiger partial charge in [-0.3, -0.25) is 0 Å². The molecule has 0 unspecified atom stereocenters. The molecule has 2 rings (SSSR count). The first-order chi connectivity index (χ1) is 8.58. The number of benzene rings is 1. The Labute approximate surface area is 104 Å². The van der Waals surface area contributed by atoms with E-state index >= 15 is 0 Å². The second-order valence-corrected chi connectivity index (χ2v) is 3.80. The van der Waals surface area contributed by atoms with Gasteiger partial charge < -0.3 is 4.74 Å². The number of hydrogen-bond acceptors (Lipinski definition) is 4. The van der Waals surface area contributed by atoms with E-state index in [9.17, 15) is 4.39 Å². The van der Waals surface area contributed by atoms with Gasteiger partial charge in [-0.25, -0.2) is 9.37 Å². The molecule has 0 aliphatic rings. The van der Waals surface area contributed by atoms with Crippen molar-refractivity contribution in [1.82, 2.24) is 9.97 Å². The Bertz CT molecular complexity index is 635. The van der Waals surface area contributed by atoms with E-state index in [-0.39, 0.29) is 17.5 Å². The van der Waals surface area contributed by atoms with E-state index in [2.05, 4.69) is 9.97 Å². The van der Waals surface area contributed by atoms with Gasteiger partial charge in [0.1, 0.15) is 23.3 Å². The van der Waals surface area contributed by atoms with Gasteiger partial charge in [0.05, 0.1) is 0 Å². The summed E-state index contributed by atoms with van der Waals surface area (Å²) in [5.74, 6) is 0.133. The molecule has 0 amide bonds. The summed E-state index contributed by atoms with van der Waals surface area (Å²) in [6, 6.07) is 7.73. The highest BCUT2D eigenvalue weighted by Gasteiger charge is 2.07. The van der Waals surface area contributed by atoms with E-state index in [0.717, 1.165) is 0 Å². The molecule has 18 heavy (non-hydrogen) atoms. The van der Waals surface area contributed by atoms with Crippen LogP contribution in [-0.4, -0.2) is 9.97 Å². The van der Waals surface area contributed by atoms with Crippen LogP contribution in [0.5, 0.6) is 11.8 Å². The number of aryl methyl sites for hydroxylation is 2. The molecule has 0 saturated heterocycles. The van der Waals surface area contributed by atoms with Gasteiger partial charge in [-0.15, -0.1) is 0 Å². The van der Waals surface area contributed by atoms with Crippen molar-refractivity contribution >= 4 is 0 Å². The predicted molar refractivity (Wildman–Crippen MR) is 62.7 cm³/mol. The van der Waals surface area contributed by atoms with Gasteiger partial charge >= 0.3 is 6.01 Å². The van der Waals surface area contributed by atoms with Crippen molar-refractivity contribution in [2.75, 3.05) is 0 Å². The molecule has 1 aromatic heterocycles. The standard InChI is InChI=1S/C13H10FN3O/c1-8-5-10(14)3-4-12(8)18-13-16-9(2)6-11(7-15)17-13/h3-6H,1-2H3. The molecule has 90 valence electrons. The zero-order valence-electron chi connectivity index (χ0n) is 9.94. The van der Waals surface area contributed by atoms with Crippen LogP contribution >= 0.6 is 0 Å². The summed E-state index contributed by atoms with van der Waals surface area (Å²) in [5.41, 5.74) is 1.51. The first-order valence-electron chi connectivity index (χ1n) is 5.28. The quantitative estimate of drug-likeness (QED) is 0.813. The monoisotopic (exact) mass is 243 g/mol. The van der Waals surface area contributed by atoms with Gasteiger partial charge in [-0.1, -0.05) is 0 Å². The molecule has 0 aliphatic carbocycles. The first-order valence-corrected chi connectivity index (χ1v) is 5.28. The minimum absolute atomic E-state index is 0.0845. The van der Waals surface area contributed by atoms with Crippen LogP contribution in [0.4, 0.5) is 4.39 Å². The fourth-order valence-corrected chi connectivity index (χ4v) is 1.47. The van der Waals surface area contributed by atoms with Crippen molar-refractivity contribution in [3.05, 3.63) is 47.0 Å². The fourth-order valence-electron chi connectivity index (χ4n) is 1.47. The molecule has 0 aliphatic heterocycles. The summed E-state index contributed by atoms with van der Waals surface area (Å²) in [6.07, 6.45) is 0. The Morgan fingerprint density at radius 3 is 2.67 bits per heavy atom. The normalized spacial score (nSPS) is 9.89. The lowest BCUT2D eigenvalue weighted by Crippen LogP contribution is -1.97. The summed E-state index contributed by atoms with van der Waals surface area (Å²) < 4.78 is 18.4. The Hall–Kier alpha value is -2.48. The number of ether oxygens (including phenoxy) is 1. The maximum Gasteiger partial charge on any atom is 0.323 e. The largest absolute Gasteiger partial charge is 0.424 e. The zero-order chi connectivity index (χ0) is 13.1. The molecule has 0 saturated carbocycles. The van der Waals surface area contributed by atoms with Crippen LogP contribution in [0.25, 0.3) is 0 Å². The summed E-state index contributed by atoms with van der Waals surface area (Å²) in [5, 5.41) is 8.80. The van der Waals surface area contributed by atoms with Crippen LogP contribution in [0.1, 0.15) is 17.0 Å². The van der Waals surface area contributed by atoms with Gasteiger partial charge in [0.2, 0.25) is 0 Å². The number of nitrogens with zero attached hydrogens (tertiary/aromatic N) is 3. The number of rotatable bonds is 2. The third-order valence-electron chi connectivity index (χ3n) is 2.29. The minimum Gasteiger partial charge on any atom is -0.424 e. The molecule has 1 aromatic carbocycles. The fraction of sp³-hybridized carbons (Fsp3) is 0.154. The molecule has 4 nitrogen and oxygen atoms in total. The molecule has 0 radical (unpaired) electrons. The predicted octanol–water partition coefficient (Wildman–Crippen LogP) is 2.90. The van der Waals surface area contributed by atoms with E-state index in [1.165, 1.54) is 18.2 Å². The minimum atomic E-state index is -0.331. The molecule has 1 heterocycles. The Kier molecular flexibility index (Phi) is 3.20. The molecular weight excluding hydrogens is 233 g/mol. The SMILES string of the molecule is Cc1cc(C#N)nc(Oc2ccc(F)cc2C)n1. The Balaban J connectivity index is 2.34. The number of aromatic nitrogens is 2. The highest BCUT2D eigenvalue weighted by atomic mass is 19.1. The molecule has 0 atom stereocenters. The first kappa shape index (κ1) is 12.0. The average Bonchev–Trinajstić information content (AvgIpc) is 2.32. The van der Waals surface area contributed by atoms with Gasteiger partial charge in [-0.2, -0.15) is 10.2 Å². The van der Waals surface area contributed by atoms with Crippen molar-refractivity contribution in [3.63, 3.8) is 0 Å². The summed E-state index contributed by atoms with van der Waals surface area (Å²) >= 11 is 0. The average molecular weight is 243 g/mol. The highest BCUT2D eigenvalue weighted by Crippen LogP contribution is 2.23. The molecule has 0 spiro atoms. The lowest BCUT2D eigenvalue weighted by atomic mass is 10.2. The van der Waals surface area contributed by atoms with Gasteiger partial charge in [0.25, 0.3) is 0 Å². The maximum atomic E-state index is 12.9. The van der Waals surface area contributed by atoms with Gasteiger partial charge in [0, 0.05) is 5.69 Å². The van der Waals surface area contributed by atoms with Crippen LogP contribution in [-0.2, 0) is 0 Å². The smallest absolute Gasteiger partial charge is 0.323 e. The number of nitriles is 1. The summed E-state index contributed by atoms with van der Waals surface area (Å²) in [6.45, 7) is 3.46. The third kappa shape index (κ3) is 2.61. The molecule has 0 bridgehead atoms. The van der Waals surface area contributed by atoms with E-state index in [4.69, 9.17) is 10.00 Å². The molecule has 0 N–H and O–H groups in total. The Morgan fingerprint density at radius 1 is 1.22 bits per heavy atom. The van der Waals surface area contributed by atoms with Crippen LogP contribution in [0.2, 0.25) is 0 Å². The van der Waals surface area contributed by atoms with Crippen molar-refractivity contribution in [3.8, 4) is 17.8 Å².